The lowest BCUT2D eigenvalue weighted by Crippen LogP contribution is -2.43. The van der Waals surface area contributed by atoms with Crippen molar-refractivity contribution >= 4 is 16.0 Å². The zero-order valence-electron chi connectivity index (χ0n) is 14.6. The van der Waals surface area contributed by atoms with Crippen LogP contribution in [0.2, 0.25) is 0 Å². The normalized spacial score (nSPS) is 19.4. The molecule has 2 fully saturated rings. The minimum absolute atomic E-state index is 0.124. The second-order valence-corrected chi connectivity index (χ2v) is 8.93. The molecule has 0 bridgehead atoms. The highest BCUT2D eigenvalue weighted by molar-refractivity contribution is 7.90. The van der Waals surface area contributed by atoms with Gasteiger partial charge in [-0.25, -0.2) is 12.7 Å². The van der Waals surface area contributed by atoms with Crippen molar-refractivity contribution in [3.05, 3.63) is 24.3 Å². The number of hydrogen-bond donors (Lipinski definition) is 1. The van der Waals surface area contributed by atoms with Crippen molar-refractivity contribution in [2.24, 2.45) is 0 Å². The number of aromatic nitrogens is 2. The Balaban J connectivity index is 1.36. The predicted octanol–water partition coefficient (Wildman–Crippen LogP) is 2.11. The van der Waals surface area contributed by atoms with Crippen molar-refractivity contribution in [2.45, 2.75) is 37.0 Å². The molecular weight excluding hydrogens is 356 g/mol. The molecule has 2 aromatic rings. The molecule has 1 N–H and O–H groups in total. The van der Waals surface area contributed by atoms with Gasteiger partial charge in [0.15, 0.2) is 0 Å². The van der Waals surface area contributed by atoms with Gasteiger partial charge in [-0.15, -0.1) is 0 Å². The number of piperidine rings is 1. The van der Waals surface area contributed by atoms with E-state index < -0.39 is 10.0 Å². The molecule has 0 radical (unpaired) electrons. The summed E-state index contributed by atoms with van der Waals surface area (Å²) in [6.45, 7) is 1.07. The zero-order chi connectivity index (χ0) is 18.1. The van der Waals surface area contributed by atoms with E-state index in [1.54, 1.807) is 11.4 Å². The first-order valence-corrected chi connectivity index (χ1v) is 10.3. The second kappa shape index (κ2) is 6.88. The fraction of sp³-hybridized carbons (Fsp3) is 0.529. The van der Waals surface area contributed by atoms with E-state index in [4.69, 9.17) is 9.26 Å². The van der Waals surface area contributed by atoms with Crippen LogP contribution < -0.4 is 10.1 Å². The number of nitrogens with one attached hydrogen (secondary N) is 1. The first kappa shape index (κ1) is 17.3. The average Bonchev–Trinajstić information content (AvgIpc) is 3.43. The van der Waals surface area contributed by atoms with E-state index in [1.807, 2.05) is 24.3 Å². The van der Waals surface area contributed by atoms with Crippen LogP contribution in [0.1, 0.15) is 25.7 Å². The summed E-state index contributed by atoms with van der Waals surface area (Å²) in [7, 11) is -1.47. The Bertz CT molecular complexity index is 870. The van der Waals surface area contributed by atoms with Gasteiger partial charge in [-0.3, -0.25) is 0 Å². The first-order chi connectivity index (χ1) is 12.6. The lowest BCUT2D eigenvalue weighted by atomic mass is 10.1. The summed E-state index contributed by atoms with van der Waals surface area (Å²) in [5, 5.41) is 7.08. The van der Waals surface area contributed by atoms with Gasteiger partial charge in [-0.05, 0) is 37.8 Å². The molecule has 0 unspecified atom stereocenters. The van der Waals surface area contributed by atoms with Gasteiger partial charge >= 0.3 is 6.01 Å². The van der Waals surface area contributed by atoms with Gasteiger partial charge < -0.3 is 14.6 Å². The number of hydrogen-bond acceptors (Lipinski definition) is 7. The topological polar surface area (TPSA) is 97.6 Å². The van der Waals surface area contributed by atoms with Gasteiger partial charge in [-0.2, -0.15) is 4.98 Å². The summed E-state index contributed by atoms with van der Waals surface area (Å²) in [6, 6.07) is 7.93. The van der Waals surface area contributed by atoms with Crippen LogP contribution in [0.25, 0.3) is 11.4 Å². The maximum absolute atomic E-state index is 12.3. The van der Waals surface area contributed by atoms with Gasteiger partial charge in [0.2, 0.25) is 15.8 Å². The molecule has 2 aliphatic rings. The Morgan fingerprint density at radius 3 is 2.69 bits per heavy atom. The lowest BCUT2D eigenvalue weighted by Gasteiger charge is -2.31. The zero-order valence-corrected chi connectivity index (χ0v) is 15.4. The molecule has 1 aromatic carbocycles. The van der Waals surface area contributed by atoms with Crippen LogP contribution in [0.5, 0.6) is 5.75 Å². The van der Waals surface area contributed by atoms with E-state index >= 15 is 0 Å². The van der Waals surface area contributed by atoms with Crippen molar-refractivity contribution in [3.63, 3.8) is 0 Å². The third-order valence-electron chi connectivity index (χ3n) is 4.84. The summed E-state index contributed by atoms with van der Waals surface area (Å²) in [5.41, 5.74) is 0.812. The highest BCUT2D eigenvalue weighted by Gasteiger charge is 2.41. The third kappa shape index (κ3) is 3.54. The van der Waals surface area contributed by atoms with E-state index in [0.717, 1.165) is 37.0 Å². The second-order valence-electron chi connectivity index (χ2n) is 6.72. The quantitative estimate of drug-likeness (QED) is 0.822. The summed E-state index contributed by atoms with van der Waals surface area (Å²) in [5.74, 6) is 1.21. The molecule has 0 amide bonds. The SMILES string of the molecule is COc1cccc(-c2noc(NC3CCN(S(=O)(=O)C4CC4)CC3)n2)c1. The Kier molecular flexibility index (Phi) is 4.58. The number of ether oxygens (including phenoxy) is 1. The summed E-state index contributed by atoms with van der Waals surface area (Å²) < 4.78 is 36.7. The smallest absolute Gasteiger partial charge is 0.322 e. The molecule has 140 valence electrons. The highest BCUT2D eigenvalue weighted by Crippen LogP contribution is 2.32. The Morgan fingerprint density at radius 1 is 1.23 bits per heavy atom. The van der Waals surface area contributed by atoms with Crippen LogP contribution in [0, 0.1) is 0 Å². The maximum atomic E-state index is 12.3. The Labute approximate surface area is 152 Å². The van der Waals surface area contributed by atoms with Crippen LogP contribution in [0.3, 0.4) is 0 Å². The molecule has 1 aliphatic carbocycles. The Hall–Kier alpha value is -2.13. The van der Waals surface area contributed by atoms with E-state index in [2.05, 4.69) is 15.5 Å². The molecule has 2 heterocycles. The third-order valence-corrected chi connectivity index (χ3v) is 7.24. The van der Waals surface area contributed by atoms with Crippen LogP contribution in [-0.4, -0.2) is 54.4 Å². The maximum Gasteiger partial charge on any atom is 0.322 e. The van der Waals surface area contributed by atoms with E-state index in [1.165, 1.54) is 0 Å². The molecule has 1 aromatic heterocycles. The van der Waals surface area contributed by atoms with Crippen LogP contribution in [-0.2, 0) is 10.0 Å². The predicted molar refractivity (Wildman–Crippen MR) is 96.4 cm³/mol. The fourth-order valence-corrected chi connectivity index (χ4v) is 5.04. The summed E-state index contributed by atoms with van der Waals surface area (Å²) >= 11 is 0. The number of anilines is 1. The van der Waals surface area contributed by atoms with Crippen LogP contribution in [0.4, 0.5) is 6.01 Å². The van der Waals surface area contributed by atoms with Crippen molar-refractivity contribution in [1.82, 2.24) is 14.4 Å². The lowest BCUT2D eigenvalue weighted by molar-refractivity contribution is 0.323. The minimum Gasteiger partial charge on any atom is -0.497 e. The van der Waals surface area contributed by atoms with Crippen molar-refractivity contribution in [1.29, 1.82) is 0 Å². The molecular formula is C17H22N4O4S. The van der Waals surface area contributed by atoms with E-state index in [9.17, 15) is 8.42 Å². The largest absolute Gasteiger partial charge is 0.497 e. The van der Waals surface area contributed by atoms with Gasteiger partial charge in [0.05, 0.1) is 12.4 Å². The molecule has 1 aliphatic heterocycles. The van der Waals surface area contributed by atoms with Gasteiger partial charge in [0.1, 0.15) is 5.75 Å². The molecule has 9 heteroatoms. The number of rotatable bonds is 6. The number of methoxy groups -OCH3 is 1. The number of sulfonamides is 1. The van der Waals surface area contributed by atoms with Crippen LogP contribution in [0.15, 0.2) is 28.8 Å². The number of benzene rings is 1. The molecule has 8 nitrogen and oxygen atoms in total. The van der Waals surface area contributed by atoms with Crippen molar-refractivity contribution < 1.29 is 17.7 Å². The molecule has 26 heavy (non-hydrogen) atoms. The van der Waals surface area contributed by atoms with Gasteiger partial charge in [-0.1, -0.05) is 17.3 Å². The van der Waals surface area contributed by atoms with E-state index in [-0.39, 0.29) is 11.3 Å². The van der Waals surface area contributed by atoms with Gasteiger partial charge in [0, 0.05) is 24.7 Å². The van der Waals surface area contributed by atoms with Gasteiger partial charge in [0.25, 0.3) is 0 Å². The minimum atomic E-state index is -3.08. The number of nitrogens with zero attached hydrogens (tertiary/aromatic N) is 3. The average molecular weight is 378 g/mol. The molecule has 1 saturated carbocycles. The van der Waals surface area contributed by atoms with Crippen molar-refractivity contribution in [3.8, 4) is 17.1 Å². The Morgan fingerprint density at radius 2 is 2.00 bits per heavy atom. The van der Waals surface area contributed by atoms with Crippen LogP contribution >= 0.6 is 0 Å². The molecule has 1 saturated heterocycles. The fourth-order valence-electron chi connectivity index (χ4n) is 3.17. The molecule has 4 rings (SSSR count). The first-order valence-electron chi connectivity index (χ1n) is 8.80. The standard InChI is InChI=1S/C17H22N4O4S/c1-24-14-4-2-3-12(11-14)16-19-17(25-20-16)18-13-7-9-21(10-8-13)26(22,23)15-5-6-15/h2-4,11,13,15H,5-10H2,1H3,(H,18,19,20). The molecule has 0 spiro atoms. The molecule has 0 atom stereocenters. The van der Waals surface area contributed by atoms with Crippen molar-refractivity contribution in [2.75, 3.05) is 25.5 Å². The summed E-state index contributed by atoms with van der Waals surface area (Å²) in [4.78, 5) is 4.38. The monoisotopic (exact) mass is 378 g/mol. The van der Waals surface area contributed by atoms with E-state index in [0.29, 0.717) is 24.9 Å². The summed E-state index contributed by atoms with van der Waals surface area (Å²) in [6.07, 6.45) is 3.05. The highest BCUT2D eigenvalue weighted by atomic mass is 32.2.